The van der Waals surface area contributed by atoms with Crippen molar-refractivity contribution in [1.82, 2.24) is 10.3 Å². The summed E-state index contributed by atoms with van der Waals surface area (Å²) in [5.74, 6) is 0. The molecule has 0 aliphatic heterocycles. The number of hydrogen-bond acceptors (Lipinski definition) is 5. The lowest BCUT2D eigenvalue weighted by molar-refractivity contribution is 0.187. The number of nitrogens with zero attached hydrogens (tertiary/aromatic N) is 1. The van der Waals surface area contributed by atoms with E-state index in [1.54, 1.807) is 18.4 Å². The number of thiazole rings is 1. The smallest absolute Gasteiger partial charge is 0.0794 e. The second kappa shape index (κ2) is 6.89. The second-order valence-corrected chi connectivity index (χ2v) is 4.11. The molecule has 1 unspecified atom stereocenters. The van der Waals surface area contributed by atoms with Gasteiger partial charge in [0, 0.05) is 43.9 Å². The Morgan fingerprint density at radius 3 is 3.21 bits per heavy atom. The first-order valence-electron chi connectivity index (χ1n) is 4.65. The van der Waals surface area contributed by atoms with E-state index in [1.165, 1.54) is 4.88 Å². The third kappa shape index (κ3) is 4.66. The van der Waals surface area contributed by atoms with E-state index in [9.17, 15) is 0 Å². The average Bonchev–Trinajstić information content (AvgIpc) is 2.67. The van der Waals surface area contributed by atoms with Crippen LogP contribution in [0.2, 0.25) is 0 Å². The molecule has 4 nitrogen and oxygen atoms in total. The van der Waals surface area contributed by atoms with Crippen molar-refractivity contribution >= 4 is 11.3 Å². The molecule has 0 bridgehead atoms. The van der Waals surface area contributed by atoms with Gasteiger partial charge < -0.3 is 15.8 Å². The van der Waals surface area contributed by atoms with E-state index in [2.05, 4.69) is 10.3 Å². The Morgan fingerprint density at radius 1 is 1.71 bits per heavy atom. The molecule has 3 N–H and O–H groups in total. The highest BCUT2D eigenvalue weighted by Gasteiger charge is 2.01. The zero-order chi connectivity index (χ0) is 10.2. The fourth-order valence-corrected chi connectivity index (χ4v) is 1.65. The lowest BCUT2D eigenvalue weighted by Gasteiger charge is -2.11. The first kappa shape index (κ1) is 11.6. The van der Waals surface area contributed by atoms with Gasteiger partial charge in [0.05, 0.1) is 5.51 Å². The van der Waals surface area contributed by atoms with Gasteiger partial charge in [0.25, 0.3) is 0 Å². The fraction of sp³-hybridized carbons (Fsp3) is 0.667. The van der Waals surface area contributed by atoms with E-state index < -0.39 is 0 Å². The molecular weight excluding hydrogens is 198 g/mol. The molecule has 1 rings (SSSR count). The largest absolute Gasteiger partial charge is 0.385 e. The number of aromatic nitrogens is 1. The second-order valence-electron chi connectivity index (χ2n) is 3.14. The Bertz CT molecular complexity index is 228. The van der Waals surface area contributed by atoms with Crippen LogP contribution in [0.1, 0.15) is 11.3 Å². The highest BCUT2D eigenvalue weighted by Crippen LogP contribution is 2.03. The average molecular weight is 215 g/mol. The molecule has 5 heteroatoms. The molecule has 0 aromatic carbocycles. The summed E-state index contributed by atoms with van der Waals surface area (Å²) in [6.45, 7) is 2.40. The van der Waals surface area contributed by atoms with Gasteiger partial charge in [-0.3, -0.25) is 4.98 Å². The normalized spacial score (nSPS) is 13.0. The van der Waals surface area contributed by atoms with Gasteiger partial charge in [0.2, 0.25) is 0 Å². The molecule has 0 saturated carbocycles. The van der Waals surface area contributed by atoms with Gasteiger partial charge in [-0.05, 0) is 6.42 Å². The quantitative estimate of drug-likeness (QED) is 0.699. The van der Waals surface area contributed by atoms with Crippen LogP contribution in [0, 0.1) is 0 Å². The number of nitrogens with one attached hydrogen (secondary N) is 1. The van der Waals surface area contributed by atoms with Crippen molar-refractivity contribution in [3.05, 3.63) is 16.6 Å². The van der Waals surface area contributed by atoms with Gasteiger partial charge in [-0.1, -0.05) is 0 Å². The summed E-state index contributed by atoms with van der Waals surface area (Å²) in [4.78, 5) is 5.24. The van der Waals surface area contributed by atoms with E-state index in [4.69, 9.17) is 10.5 Å². The Balaban J connectivity index is 2.03. The molecule has 0 radical (unpaired) electrons. The van der Waals surface area contributed by atoms with E-state index >= 15 is 0 Å². The van der Waals surface area contributed by atoms with Crippen LogP contribution < -0.4 is 11.1 Å². The highest BCUT2D eigenvalue weighted by molar-refractivity contribution is 7.09. The van der Waals surface area contributed by atoms with E-state index in [-0.39, 0.29) is 6.04 Å². The Kier molecular flexibility index (Phi) is 5.70. The number of hydrogen-bond donors (Lipinski definition) is 2. The Hall–Kier alpha value is -0.490. The molecule has 14 heavy (non-hydrogen) atoms. The first-order chi connectivity index (χ1) is 6.83. The minimum Gasteiger partial charge on any atom is -0.385 e. The van der Waals surface area contributed by atoms with Crippen molar-refractivity contribution < 1.29 is 4.74 Å². The first-order valence-corrected chi connectivity index (χ1v) is 5.53. The van der Waals surface area contributed by atoms with Gasteiger partial charge in [0.15, 0.2) is 0 Å². The van der Waals surface area contributed by atoms with E-state index in [0.29, 0.717) is 0 Å². The minimum atomic E-state index is 0.169. The van der Waals surface area contributed by atoms with E-state index in [0.717, 1.165) is 26.1 Å². The number of nitrogens with two attached hydrogens (primary N) is 1. The van der Waals surface area contributed by atoms with Crippen molar-refractivity contribution in [2.45, 2.75) is 19.0 Å². The van der Waals surface area contributed by atoms with Crippen LogP contribution in [0.25, 0.3) is 0 Å². The molecular formula is C9H17N3OS. The van der Waals surface area contributed by atoms with Crippen LogP contribution in [0.3, 0.4) is 0 Å². The summed E-state index contributed by atoms with van der Waals surface area (Å²) >= 11 is 1.65. The summed E-state index contributed by atoms with van der Waals surface area (Å²) in [7, 11) is 1.69. The predicted molar refractivity (Wildman–Crippen MR) is 58.3 cm³/mol. The maximum atomic E-state index is 5.84. The molecule has 0 spiro atoms. The van der Waals surface area contributed by atoms with Gasteiger partial charge in [-0.2, -0.15) is 0 Å². The third-order valence-corrected chi connectivity index (χ3v) is 2.66. The zero-order valence-electron chi connectivity index (χ0n) is 8.40. The molecule has 1 heterocycles. The van der Waals surface area contributed by atoms with Gasteiger partial charge in [-0.25, -0.2) is 0 Å². The molecule has 1 aromatic rings. The Morgan fingerprint density at radius 2 is 2.57 bits per heavy atom. The maximum absolute atomic E-state index is 5.84. The molecule has 0 aliphatic rings. The fourth-order valence-electron chi connectivity index (χ4n) is 1.08. The highest BCUT2D eigenvalue weighted by atomic mass is 32.1. The lowest BCUT2D eigenvalue weighted by Crippen LogP contribution is -2.34. The molecule has 0 fully saturated rings. The maximum Gasteiger partial charge on any atom is 0.0794 e. The number of rotatable bonds is 7. The Labute approximate surface area is 88.5 Å². The molecule has 0 aliphatic carbocycles. The summed E-state index contributed by atoms with van der Waals surface area (Å²) < 4.78 is 4.95. The number of ether oxygens (including phenoxy) is 1. The summed E-state index contributed by atoms with van der Waals surface area (Å²) in [6, 6.07) is 0.169. The third-order valence-electron chi connectivity index (χ3n) is 1.88. The van der Waals surface area contributed by atoms with Crippen LogP contribution in [0.15, 0.2) is 11.7 Å². The molecule has 80 valence electrons. The molecule has 0 saturated heterocycles. The predicted octanol–water partition coefficient (Wildman–Crippen LogP) is 0.597. The van der Waals surface area contributed by atoms with Crippen LogP contribution >= 0.6 is 11.3 Å². The SMILES string of the molecule is COCCC(N)CNCc1cncs1. The number of methoxy groups -OCH3 is 1. The summed E-state index contributed by atoms with van der Waals surface area (Å²) in [6.07, 6.45) is 2.77. The summed E-state index contributed by atoms with van der Waals surface area (Å²) in [5.41, 5.74) is 7.68. The summed E-state index contributed by atoms with van der Waals surface area (Å²) in [5, 5.41) is 3.29. The van der Waals surface area contributed by atoms with E-state index in [1.807, 2.05) is 11.7 Å². The van der Waals surface area contributed by atoms with Gasteiger partial charge >= 0.3 is 0 Å². The minimum absolute atomic E-state index is 0.169. The zero-order valence-corrected chi connectivity index (χ0v) is 9.22. The van der Waals surface area contributed by atoms with Gasteiger partial charge in [0.1, 0.15) is 0 Å². The molecule has 1 aromatic heterocycles. The monoisotopic (exact) mass is 215 g/mol. The molecule has 1 atom stereocenters. The van der Waals surface area contributed by atoms with Crippen LogP contribution in [0.4, 0.5) is 0 Å². The lowest BCUT2D eigenvalue weighted by atomic mass is 10.2. The van der Waals surface area contributed by atoms with Crippen LogP contribution in [0.5, 0.6) is 0 Å². The standard InChI is InChI=1S/C9H17N3OS/c1-13-3-2-8(10)4-11-5-9-6-12-7-14-9/h6-8,11H,2-5,10H2,1H3. The topological polar surface area (TPSA) is 60.2 Å². The van der Waals surface area contributed by atoms with Gasteiger partial charge in [-0.15, -0.1) is 11.3 Å². The van der Waals surface area contributed by atoms with Crippen LogP contribution in [-0.4, -0.2) is 31.3 Å². The van der Waals surface area contributed by atoms with Crippen molar-refractivity contribution in [2.75, 3.05) is 20.3 Å². The molecule has 0 amide bonds. The van der Waals surface area contributed by atoms with Crippen molar-refractivity contribution in [2.24, 2.45) is 5.73 Å². The van der Waals surface area contributed by atoms with Crippen molar-refractivity contribution in [3.63, 3.8) is 0 Å². The van der Waals surface area contributed by atoms with Crippen LogP contribution in [-0.2, 0) is 11.3 Å². The van der Waals surface area contributed by atoms with Crippen molar-refractivity contribution in [3.8, 4) is 0 Å². The van der Waals surface area contributed by atoms with Crippen molar-refractivity contribution in [1.29, 1.82) is 0 Å².